The molecule has 1 aliphatic heterocycles. The second kappa shape index (κ2) is 9.38. The van der Waals surface area contributed by atoms with Crippen LogP contribution >= 0.6 is 0 Å². The lowest BCUT2D eigenvalue weighted by Gasteiger charge is -2.22. The first-order valence-corrected chi connectivity index (χ1v) is 8.83. The zero-order valence-electron chi connectivity index (χ0n) is 14.8. The van der Waals surface area contributed by atoms with Crippen molar-refractivity contribution in [2.75, 3.05) is 31.6 Å². The molecule has 1 saturated heterocycles. The summed E-state index contributed by atoms with van der Waals surface area (Å²) in [4.78, 5) is 11.3. The molecule has 0 radical (unpaired) electrons. The Labute approximate surface area is 140 Å². The van der Waals surface area contributed by atoms with Gasteiger partial charge < -0.3 is 15.5 Å². The van der Waals surface area contributed by atoms with Crippen LogP contribution in [0.2, 0.25) is 0 Å². The molecule has 0 aliphatic carbocycles. The maximum absolute atomic E-state index is 4.56. The van der Waals surface area contributed by atoms with Crippen molar-refractivity contribution in [1.29, 1.82) is 0 Å². The van der Waals surface area contributed by atoms with Gasteiger partial charge in [0, 0.05) is 39.4 Å². The summed E-state index contributed by atoms with van der Waals surface area (Å²) in [5, 5.41) is 6.71. The average molecular weight is 317 g/mol. The van der Waals surface area contributed by atoms with Crippen LogP contribution in [0.3, 0.4) is 0 Å². The van der Waals surface area contributed by atoms with E-state index in [-0.39, 0.29) is 0 Å². The summed E-state index contributed by atoms with van der Waals surface area (Å²) in [7, 11) is 1.81. The molecule has 0 amide bonds. The molecule has 5 heteroatoms. The van der Waals surface area contributed by atoms with Gasteiger partial charge in [0.25, 0.3) is 0 Å². The Morgan fingerprint density at radius 3 is 2.61 bits per heavy atom. The number of hydrogen-bond donors (Lipinski definition) is 2. The minimum atomic E-state index is 0.601. The first kappa shape index (κ1) is 17.6. The third-order valence-electron chi connectivity index (χ3n) is 4.10. The number of anilines is 1. The summed E-state index contributed by atoms with van der Waals surface area (Å²) in [5.41, 5.74) is 1.24. The maximum atomic E-state index is 4.56. The van der Waals surface area contributed by atoms with Crippen molar-refractivity contribution >= 4 is 11.8 Å². The minimum Gasteiger partial charge on any atom is -0.357 e. The molecule has 0 unspecified atom stereocenters. The van der Waals surface area contributed by atoms with E-state index >= 15 is 0 Å². The Hall–Kier alpha value is -1.78. The highest BCUT2D eigenvalue weighted by Gasteiger charge is 2.11. The molecule has 0 spiro atoms. The van der Waals surface area contributed by atoms with E-state index in [0.717, 1.165) is 38.0 Å². The topological polar surface area (TPSA) is 52.6 Å². The van der Waals surface area contributed by atoms with Gasteiger partial charge in [-0.05, 0) is 36.5 Å². The standard InChI is InChI=1S/C18H31N5/c1-15(2)13-21-18(19-3)22-14-16-8-9-20-17(12-16)23-10-6-4-5-7-11-23/h8-9,12,15H,4-7,10-11,13-14H2,1-3H3,(H2,19,21,22). The Kier molecular flexibility index (Phi) is 7.17. The lowest BCUT2D eigenvalue weighted by atomic mass is 10.2. The fourth-order valence-electron chi connectivity index (χ4n) is 2.75. The van der Waals surface area contributed by atoms with E-state index in [1.165, 1.54) is 31.2 Å². The number of pyridine rings is 1. The molecule has 5 nitrogen and oxygen atoms in total. The van der Waals surface area contributed by atoms with Gasteiger partial charge in [0.1, 0.15) is 5.82 Å². The lowest BCUT2D eigenvalue weighted by molar-refractivity contribution is 0.614. The van der Waals surface area contributed by atoms with Crippen LogP contribution in [-0.2, 0) is 6.54 Å². The summed E-state index contributed by atoms with van der Waals surface area (Å²) < 4.78 is 0. The summed E-state index contributed by atoms with van der Waals surface area (Å²) in [5.74, 6) is 2.56. The summed E-state index contributed by atoms with van der Waals surface area (Å²) >= 11 is 0. The van der Waals surface area contributed by atoms with Gasteiger partial charge in [-0.3, -0.25) is 4.99 Å². The van der Waals surface area contributed by atoms with Crippen LogP contribution in [0.4, 0.5) is 5.82 Å². The number of aliphatic imine (C=N–C) groups is 1. The van der Waals surface area contributed by atoms with Crippen molar-refractivity contribution in [2.45, 2.75) is 46.1 Å². The Balaban J connectivity index is 1.91. The average Bonchev–Trinajstić information content (AvgIpc) is 2.84. The summed E-state index contributed by atoms with van der Waals surface area (Å²) in [6.07, 6.45) is 7.15. The van der Waals surface area contributed by atoms with Crippen molar-refractivity contribution in [3.8, 4) is 0 Å². The molecule has 1 aromatic rings. The highest BCUT2D eigenvalue weighted by Crippen LogP contribution is 2.18. The molecule has 0 aromatic carbocycles. The zero-order chi connectivity index (χ0) is 16.5. The van der Waals surface area contributed by atoms with Gasteiger partial charge in [-0.15, -0.1) is 0 Å². The maximum Gasteiger partial charge on any atom is 0.191 e. The third kappa shape index (κ3) is 6.08. The fraction of sp³-hybridized carbons (Fsp3) is 0.667. The van der Waals surface area contributed by atoms with Crippen molar-refractivity contribution in [3.05, 3.63) is 23.9 Å². The zero-order valence-corrected chi connectivity index (χ0v) is 14.8. The molecule has 0 saturated carbocycles. The number of aromatic nitrogens is 1. The quantitative estimate of drug-likeness (QED) is 0.648. The number of nitrogens with zero attached hydrogens (tertiary/aromatic N) is 3. The SMILES string of the molecule is CN=C(NCc1ccnc(N2CCCCCC2)c1)NCC(C)C. The second-order valence-corrected chi connectivity index (χ2v) is 6.62. The molecule has 23 heavy (non-hydrogen) atoms. The van der Waals surface area contributed by atoms with Crippen LogP contribution in [0.1, 0.15) is 45.1 Å². The van der Waals surface area contributed by atoms with Crippen LogP contribution in [0.25, 0.3) is 0 Å². The number of guanidine groups is 1. The van der Waals surface area contributed by atoms with Crippen LogP contribution in [0.5, 0.6) is 0 Å². The largest absolute Gasteiger partial charge is 0.357 e. The summed E-state index contributed by atoms with van der Waals surface area (Å²) in [6, 6.07) is 4.28. The van der Waals surface area contributed by atoms with Crippen molar-refractivity contribution in [3.63, 3.8) is 0 Å². The van der Waals surface area contributed by atoms with Gasteiger partial charge in [0.2, 0.25) is 0 Å². The molecule has 2 rings (SSSR count). The molecule has 2 heterocycles. The van der Waals surface area contributed by atoms with E-state index in [9.17, 15) is 0 Å². The molecule has 128 valence electrons. The monoisotopic (exact) mass is 317 g/mol. The first-order chi connectivity index (χ1) is 11.2. The first-order valence-electron chi connectivity index (χ1n) is 8.83. The molecular formula is C18H31N5. The van der Waals surface area contributed by atoms with Gasteiger partial charge in [0.05, 0.1) is 0 Å². The van der Waals surface area contributed by atoms with Gasteiger partial charge in [-0.1, -0.05) is 26.7 Å². The fourth-order valence-corrected chi connectivity index (χ4v) is 2.75. The van der Waals surface area contributed by atoms with E-state index in [0.29, 0.717) is 5.92 Å². The third-order valence-corrected chi connectivity index (χ3v) is 4.10. The summed E-state index contributed by atoms with van der Waals surface area (Å²) in [6.45, 7) is 8.33. The Bertz CT molecular complexity index is 490. The molecule has 1 aliphatic rings. The van der Waals surface area contributed by atoms with E-state index in [1.807, 2.05) is 13.2 Å². The van der Waals surface area contributed by atoms with E-state index in [1.54, 1.807) is 0 Å². The molecule has 1 aromatic heterocycles. The van der Waals surface area contributed by atoms with Crippen molar-refractivity contribution in [2.24, 2.45) is 10.9 Å². The number of hydrogen-bond acceptors (Lipinski definition) is 3. The predicted molar refractivity (Wildman–Crippen MR) is 98.0 cm³/mol. The van der Waals surface area contributed by atoms with E-state index in [4.69, 9.17) is 0 Å². The van der Waals surface area contributed by atoms with Crippen LogP contribution in [-0.4, -0.2) is 37.6 Å². The second-order valence-electron chi connectivity index (χ2n) is 6.62. The van der Waals surface area contributed by atoms with Crippen LogP contribution < -0.4 is 15.5 Å². The van der Waals surface area contributed by atoms with Crippen LogP contribution in [0, 0.1) is 5.92 Å². The smallest absolute Gasteiger partial charge is 0.191 e. The highest BCUT2D eigenvalue weighted by molar-refractivity contribution is 5.79. The lowest BCUT2D eigenvalue weighted by Crippen LogP contribution is -2.38. The Morgan fingerprint density at radius 1 is 1.22 bits per heavy atom. The molecule has 0 atom stereocenters. The molecular weight excluding hydrogens is 286 g/mol. The number of nitrogens with one attached hydrogen (secondary N) is 2. The molecule has 2 N–H and O–H groups in total. The van der Waals surface area contributed by atoms with Gasteiger partial charge in [0.15, 0.2) is 5.96 Å². The Morgan fingerprint density at radius 2 is 1.96 bits per heavy atom. The van der Waals surface area contributed by atoms with Gasteiger partial charge in [-0.25, -0.2) is 4.98 Å². The van der Waals surface area contributed by atoms with E-state index < -0.39 is 0 Å². The molecule has 1 fully saturated rings. The van der Waals surface area contributed by atoms with Crippen molar-refractivity contribution < 1.29 is 0 Å². The minimum absolute atomic E-state index is 0.601. The van der Waals surface area contributed by atoms with Gasteiger partial charge in [-0.2, -0.15) is 0 Å². The van der Waals surface area contributed by atoms with Crippen LogP contribution in [0.15, 0.2) is 23.3 Å². The number of rotatable bonds is 5. The molecule has 0 bridgehead atoms. The van der Waals surface area contributed by atoms with E-state index in [2.05, 4.69) is 51.5 Å². The highest BCUT2D eigenvalue weighted by atomic mass is 15.2. The normalized spacial score (nSPS) is 16.3. The van der Waals surface area contributed by atoms with Gasteiger partial charge >= 0.3 is 0 Å². The predicted octanol–water partition coefficient (Wildman–Crippen LogP) is 2.78. The van der Waals surface area contributed by atoms with Crippen molar-refractivity contribution in [1.82, 2.24) is 15.6 Å².